The molecule has 1 aliphatic heterocycles. The highest BCUT2D eigenvalue weighted by atomic mass is 32.2. The van der Waals surface area contributed by atoms with E-state index in [1.807, 2.05) is 0 Å². The van der Waals surface area contributed by atoms with Crippen LogP contribution < -0.4 is 0 Å². The Morgan fingerprint density at radius 2 is 2.08 bits per heavy atom. The van der Waals surface area contributed by atoms with E-state index in [2.05, 4.69) is 11.0 Å². The first-order chi connectivity index (χ1) is 5.84. The zero-order chi connectivity index (χ0) is 8.81. The molecule has 1 rings (SSSR count). The Morgan fingerprint density at radius 1 is 1.42 bits per heavy atom. The van der Waals surface area contributed by atoms with Gasteiger partial charge in [-0.15, -0.1) is 0 Å². The summed E-state index contributed by atoms with van der Waals surface area (Å²) in [5, 5.41) is 8.36. The zero-order valence-electron chi connectivity index (χ0n) is 6.95. The highest BCUT2D eigenvalue weighted by molar-refractivity contribution is 8.23. The Kier molecular flexibility index (Phi) is 4.41. The Balaban J connectivity index is 2.26. The molecule has 1 saturated heterocycles. The molecule has 66 valence electrons. The second kappa shape index (κ2) is 5.39. The molecule has 1 heterocycles. The van der Waals surface area contributed by atoms with Crippen LogP contribution in [0.5, 0.6) is 0 Å². The summed E-state index contributed by atoms with van der Waals surface area (Å²) in [4.78, 5) is 2.21. The summed E-state index contributed by atoms with van der Waals surface area (Å²) >= 11 is 6.66. The maximum atomic E-state index is 8.36. The minimum absolute atomic E-state index is 0.481. The van der Waals surface area contributed by atoms with Crippen molar-refractivity contribution in [1.29, 1.82) is 5.26 Å². The lowest BCUT2D eigenvalue weighted by molar-refractivity contribution is 0.352. The molecule has 0 saturated carbocycles. The molecule has 0 radical (unpaired) electrons. The largest absolute Gasteiger partial charge is 0.357 e. The molecule has 0 bridgehead atoms. The SMILES string of the molecule is N#CCSC(=S)N1CCCCC1. The van der Waals surface area contributed by atoms with E-state index in [0.717, 1.165) is 17.4 Å². The molecule has 2 nitrogen and oxygen atoms in total. The van der Waals surface area contributed by atoms with Gasteiger partial charge in [-0.1, -0.05) is 24.0 Å². The predicted molar refractivity (Wildman–Crippen MR) is 56.1 cm³/mol. The van der Waals surface area contributed by atoms with Gasteiger partial charge in [0.25, 0.3) is 0 Å². The van der Waals surface area contributed by atoms with E-state index in [1.165, 1.54) is 31.0 Å². The van der Waals surface area contributed by atoms with Crippen LogP contribution in [0.3, 0.4) is 0 Å². The molecule has 0 N–H and O–H groups in total. The lowest BCUT2D eigenvalue weighted by Crippen LogP contribution is -2.32. The average Bonchev–Trinajstić information content (AvgIpc) is 2.15. The van der Waals surface area contributed by atoms with Gasteiger partial charge in [0.2, 0.25) is 0 Å². The first kappa shape index (κ1) is 9.82. The second-order valence-corrected chi connectivity index (χ2v) is 4.37. The molecule has 0 atom stereocenters. The highest BCUT2D eigenvalue weighted by Gasteiger charge is 2.12. The van der Waals surface area contributed by atoms with Crippen LogP contribution in [0.2, 0.25) is 0 Å². The van der Waals surface area contributed by atoms with Crippen molar-refractivity contribution in [2.75, 3.05) is 18.8 Å². The number of piperidine rings is 1. The molecule has 12 heavy (non-hydrogen) atoms. The number of nitrogens with zero attached hydrogens (tertiary/aromatic N) is 2. The molecule has 0 amide bonds. The molecule has 4 heteroatoms. The van der Waals surface area contributed by atoms with Gasteiger partial charge in [0.05, 0.1) is 11.8 Å². The van der Waals surface area contributed by atoms with Crippen molar-refractivity contribution < 1.29 is 0 Å². The summed E-state index contributed by atoms with van der Waals surface area (Å²) in [6.07, 6.45) is 3.81. The summed E-state index contributed by atoms with van der Waals surface area (Å²) in [6.45, 7) is 2.16. The van der Waals surface area contributed by atoms with E-state index in [0.29, 0.717) is 5.75 Å². The van der Waals surface area contributed by atoms with Gasteiger partial charge in [-0.25, -0.2) is 0 Å². The number of thiocarbonyl (C=S) groups is 1. The third kappa shape index (κ3) is 3.00. The van der Waals surface area contributed by atoms with Crippen molar-refractivity contribution in [1.82, 2.24) is 4.90 Å². The van der Waals surface area contributed by atoms with Crippen molar-refractivity contribution in [2.24, 2.45) is 0 Å². The summed E-state index contributed by atoms with van der Waals surface area (Å²) < 4.78 is 0.899. The van der Waals surface area contributed by atoms with E-state index in [9.17, 15) is 0 Å². The topological polar surface area (TPSA) is 27.0 Å². The normalized spacial score (nSPS) is 17.1. The smallest absolute Gasteiger partial charge is 0.137 e. The molecule has 0 aromatic heterocycles. The summed E-state index contributed by atoms with van der Waals surface area (Å²) in [5.74, 6) is 0.481. The van der Waals surface area contributed by atoms with Crippen molar-refractivity contribution in [3.05, 3.63) is 0 Å². The molecule has 0 aromatic carbocycles. The minimum Gasteiger partial charge on any atom is -0.357 e. The number of hydrogen-bond donors (Lipinski definition) is 0. The van der Waals surface area contributed by atoms with Crippen LogP contribution in [0.1, 0.15) is 19.3 Å². The quantitative estimate of drug-likeness (QED) is 0.605. The van der Waals surface area contributed by atoms with E-state index in [-0.39, 0.29) is 0 Å². The molecule has 0 aromatic rings. The third-order valence-electron chi connectivity index (χ3n) is 1.87. The Labute approximate surface area is 82.9 Å². The van der Waals surface area contributed by atoms with Crippen molar-refractivity contribution in [3.63, 3.8) is 0 Å². The standard InChI is InChI=1S/C8H12N2S2/c9-4-7-12-8(11)10-5-2-1-3-6-10/h1-3,5-7H2. The Bertz CT molecular complexity index is 192. The van der Waals surface area contributed by atoms with Crippen molar-refractivity contribution >= 4 is 28.3 Å². The lowest BCUT2D eigenvalue weighted by atomic mass is 10.1. The number of nitriles is 1. The van der Waals surface area contributed by atoms with Crippen molar-refractivity contribution in [2.45, 2.75) is 19.3 Å². The predicted octanol–water partition coefficient (Wildman–Crippen LogP) is 2.01. The zero-order valence-corrected chi connectivity index (χ0v) is 8.59. The number of likely N-dealkylation sites (tertiary alicyclic amines) is 1. The van der Waals surface area contributed by atoms with E-state index in [1.54, 1.807) is 0 Å². The third-order valence-corrected chi connectivity index (χ3v) is 3.26. The number of rotatable bonds is 1. The fourth-order valence-electron chi connectivity index (χ4n) is 1.26. The van der Waals surface area contributed by atoms with Gasteiger partial charge in [0, 0.05) is 13.1 Å². The molecular formula is C8H12N2S2. The molecule has 0 spiro atoms. The van der Waals surface area contributed by atoms with Crippen LogP contribution in [-0.2, 0) is 0 Å². The summed E-state index contributed by atoms with van der Waals surface area (Å²) in [5.41, 5.74) is 0. The van der Waals surface area contributed by atoms with Crippen LogP contribution in [0, 0.1) is 11.3 Å². The van der Waals surface area contributed by atoms with Crippen molar-refractivity contribution in [3.8, 4) is 6.07 Å². The van der Waals surface area contributed by atoms with E-state index < -0.39 is 0 Å². The van der Waals surface area contributed by atoms with Gasteiger partial charge in [-0.05, 0) is 19.3 Å². The monoisotopic (exact) mass is 200 g/mol. The summed E-state index contributed by atoms with van der Waals surface area (Å²) in [7, 11) is 0. The highest BCUT2D eigenvalue weighted by Crippen LogP contribution is 2.15. The van der Waals surface area contributed by atoms with E-state index in [4.69, 9.17) is 17.5 Å². The minimum atomic E-state index is 0.481. The maximum absolute atomic E-state index is 8.36. The van der Waals surface area contributed by atoms with Gasteiger partial charge in [-0.2, -0.15) is 5.26 Å². The Morgan fingerprint density at radius 3 is 2.67 bits per heavy atom. The van der Waals surface area contributed by atoms with Crippen LogP contribution >= 0.6 is 24.0 Å². The number of hydrogen-bond acceptors (Lipinski definition) is 3. The van der Waals surface area contributed by atoms with Crippen LogP contribution in [0.4, 0.5) is 0 Å². The van der Waals surface area contributed by atoms with Gasteiger partial charge in [0.1, 0.15) is 4.32 Å². The van der Waals surface area contributed by atoms with Gasteiger partial charge < -0.3 is 4.90 Å². The van der Waals surface area contributed by atoms with E-state index >= 15 is 0 Å². The van der Waals surface area contributed by atoms with Crippen LogP contribution in [0.25, 0.3) is 0 Å². The lowest BCUT2D eigenvalue weighted by Gasteiger charge is -2.28. The molecular weight excluding hydrogens is 188 g/mol. The van der Waals surface area contributed by atoms with Crippen LogP contribution in [0.15, 0.2) is 0 Å². The van der Waals surface area contributed by atoms with Gasteiger partial charge >= 0.3 is 0 Å². The average molecular weight is 200 g/mol. The maximum Gasteiger partial charge on any atom is 0.137 e. The molecule has 1 fully saturated rings. The molecule has 0 aliphatic carbocycles. The first-order valence-electron chi connectivity index (χ1n) is 4.13. The first-order valence-corrected chi connectivity index (χ1v) is 5.52. The molecule has 0 unspecified atom stereocenters. The van der Waals surface area contributed by atoms with Gasteiger partial charge in [-0.3, -0.25) is 0 Å². The fraction of sp³-hybridized carbons (Fsp3) is 0.750. The summed E-state index contributed by atoms with van der Waals surface area (Å²) in [6, 6.07) is 2.09. The fourth-order valence-corrected chi connectivity index (χ4v) is 2.17. The second-order valence-electron chi connectivity index (χ2n) is 2.76. The number of thioether (sulfide) groups is 1. The Hall–Kier alpha value is -0.270. The molecule has 1 aliphatic rings. The van der Waals surface area contributed by atoms with Gasteiger partial charge in [0.15, 0.2) is 0 Å². The van der Waals surface area contributed by atoms with Crippen LogP contribution in [-0.4, -0.2) is 28.1 Å².